The Bertz CT molecular complexity index is 532. The molecule has 0 aromatic carbocycles. The van der Waals surface area contributed by atoms with Crippen LogP contribution in [0.2, 0.25) is 5.15 Å². The maximum Gasteiger partial charge on any atom is 0.145 e. The first-order valence-corrected chi connectivity index (χ1v) is 7.73. The fourth-order valence-electron chi connectivity index (χ4n) is 1.92. The molecule has 2 aromatic heterocycles. The van der Waals surface area contributed by atoms with Crippen LogP contribution in [0.3, 0.4) is 0 Å². The van der Waals surface area contributed by atoms with E-state index in [0.717, 1.165) is 35.4 Å². The zero-order chi connectivity index (χ0) is 13.7. The van der Waals surface area contributed by atoms with Crippen molar-refractivity contribution in [2.45, 2.75) is 26.3 Å². The number of hydrogen-bond donors (Lipinski definition) is 1. The van der Waals surface area contributed by atoms with E-state index in [4.69, 9.17) is 16.7 Å². The number of fused-ring (bicyclic) bond motifs is 1. The van der Waals surface area contributed by atoms with Crippen molar-refractivity contribution >= 4 is 33.2 Å². The number of thiophene rings is 1. The summed E-state index contributed by atoms with van der Waals surface area (Å²) in [5, 5.41) is 12.5. The highest BCUT2D eigenvalue weighted by Gasteiger charge is 2.11. The van der Waals surface area contributed by atoms with Gasteiger partial charge in [0.15, 0.2) is 0 Å². The van der Waals surface area contributed by atoms with Gasteiger partial charge in [0.25, 0.3) is 0 Å². The number of nitrogens with zero attached hydrogens (tertiary/aromatic N) is 3. The second kappa shape index (κ2) is 7.14. The highest BCUT2D eigenvalue weighted by atomic mass is 35.5. The Kier molecular flexibility index (Phi) is 5.51. The van der Waals surface area contributed by atoms with Gasteiger partial charge in [-0.2, -0.15) is 0 Å². The molecule has 0 aliphatic heterocycles. The average Bonchev–Trinajstić information content (AvgIpc) is 2.85. The minimum absolute atomic E-state index is 0.151. The van der Waals surface area contributed by atoms with Crippen LogP contribution in [0.5, 0.6) is 0 Å². The van der Waals surface area contributed by atoms with Crippen molar-refractivity contribution < 1.29 is 5.11 Å². The maximum absolute atomic E-state index is 9.10. The lowest BCUT2D eigenvalue weighted by Crippen LogP contribution is -2.28. The van der Waals surface area contributed by atoms with Gasteiger partial charge in [0.2, 0.25) is 0 Å². The SMILES string of the molecule is CCCCN(CCO)Cc1nc(Cl)c2ccsc2n1. The molecule has 0 aliphatic rings. The molecule has 2 rings (SSSR count). The summed E-state index contributed by atoms with van der Waals surface area (Å²) in [7, 11) is 0. The first-order chi connectivity index (χ1) is 9.24. The standard InChI is InChI=1S/C13H18ClN3OS/c1-2-3-5-17(6-7-18)9-11-15-12(14)10-4-8-19-13(10)16-11/h4,8,18H,2-3,5-7,9H2,1H3. The zero-order valence-corrected chi connectivity index (χ0v) is 12.5. The maximum atomic E-state index is 9.10. The van der Waals surface area contributed by atoms with E-state index < -0.39 is 0 Å². The highest BCUT2D eigenvalue weighted by Crippen LogP contribution is 2.25. The number of halogens is 1. The molecule has 0 saturated carbocycles. The van der Waals surface area contributed by atoms with E-state index in [1.807, 2.05) is 11.4 Å². The molecular formula is C13H18ClN3OS. The third-order valence-corrected chi connectivity index (χ3v) is 4.03. The van der Waals surface area contributed by atoms with Gasteiger partial charge in [-0.3, -0.25) is 4.90 Å². The van der Waals surface area contributed by atoms with Crippen LogP contribution in [0.1, 0.15) is 25.6 Å². The number of unbranched alkanes of at least 4 members (excludes halogenated alkanes) is 1. The first kappa shape index (κ1) is 14.7. The van der Waals surface area contributed by atoms with E-state index in [0.29, 0.717) is 18.2 Å². The van der Waals surface area contributed by atoms with Crippen LogP contribution in [0.25, 0.3) is 10.2 Å². The van der Waals surface area contributed by atoms with Crippen LogP contribution in [0, 0.1) is 0 Å². The summed E-state index contributed by atoms with van der Waals surface area (Å²) >= 11 is 7.73. The minimum atomic E-state index is 0.151. The molecule has 0 spiro atoms. The summed E-state index contributed by atoms with van der Waals surface area (Å²) in [6, 6.07) is 1.94. The van der Waals surface area contributed by atoms with Crippen LogP contribution < -0.4 is 0 Å². The van der Waals surface area contributed by atoms with Gasteiger partial charge in [-0.15, -0.1) is 11.3 Å². The number of aliphatic hydroxyl groups is 1. The predicted octanol–water partition coefficient (Wildman–Crippen LogP) is 2.94. The molecule has 0 aliphatic carbocycles. The normalized spacial score (nSPS) is 11.6. The van der Waals surface area contributed by atoms with E-state index in [1.54, 1.807) is 11.3 Å². The number of aromatic nitrogens is 2. The van der Waals surface area contributed by atoms with E-state index >= 15 is 0 Å². The molecular weight excluding hydrogens is 282 g/mol. The fraction of sp³-hybridized carbons (Fsp3) is 0.538. The lowest BCUT2D eigenvalue weighted by Gasteiger charge is -2.20. The van der Waals surface area contributed by atoms with Crippen molar-refractivity contribution in [2.75, 3.05) is 19.7 Å². The average molecular weight is 300 g/mol. The monoisotopic (exact) mass is 299 g/mol. The second-order valence-corrected chi connectivity index (χ2v) is 5.68. The molecule has 0 atom stereocenters. The summed E-state index contributed by atoms with van der Waals surface area (Å²) in [5.74, 6) is 0.726. The largest absolute Gasteiger partial charge is 0.395 e. The highest BCUT2D eigenvalue weighted by molar-refractivity contribution is 7.16. The fourth-order valence-corrected chi connectivity index (χ4v) is 3.01. The van der Waals surface area contributed by atoms with Gasteiger partial charge in [0.05, 0.1) is 13.2 Å². The molecule has 2 aromatic rings. The Morgan fingerprint density at radius 1 is 1.37 bits per heavy atom. The summed E-state index contributed by atoms with van der Waals surface area (Å²) in [5.41, 5.74) is 0. The molecule has 0 saturated heterocycles. The summed E-state index contributed by atoms with van der Waals surface area (Å²) in [4.78, 5) is 12.0. The Morgan fingerprint density at radius 3 is 2.95 bits per heavy atom. The van der Waals surface area contributed by atoms with Gasteiger partial charge in [0.1, 0.15) is 15.8 Å². The van der Waals surface area contributed by atoms with Crippen molar-refractivity contribution in [2.24, 2.45) is 0 Å². The number of rotatable bonds is 7. The molecule has 4 nitrogen and oxygen atoms in total. The molecule has 2 heterocycles. The van der Waals surface area contributed by atoms with Gasteiger partial charge in [-0.05, 0) is 24.4 Å². The second-order valence-electron chi connectivity index (χ2n) is 4.42. The smallest absolute Gasteiger partial charge is 0.145 e. The molecule has 0 amide bonds. The molecule has 1 N–H and O–H groups in total. The van der Waals surface area contributed by atoms with Crippen molar-refractivity contribution in [3.8, 4) is 0 Å². The van der Waals surface area contributed by atoms with Gasteiger partial charge >= 0.3 is 0 Å². The Hall–Kier alpha value is -0.750. The van der Waals surface area contributed by atoms with Gasteiger partial charge < -0.3 is 5.11 Å². The summed E-state index contributed by atoms with van der Waals surface area (Å²) < 4.78 is 0. The quantitative estimate of drug-likeness (QED) is 0.799. The van der Waals surface area contributed by atoms with Crippen molar-refractivity contribution in [1.82, 2.24) is 14.9 Å². The molecule has 0 unspecified atom stereocenters. The Labute approximate surface area is 122 Å². The van der Waals surface area contributed by atoms with Crippen LogP contribution in [0.15, 0.2) is 11.4 Å². The molecule has 104 valence electrons. The van der Waals surface area contributed by atoms with Crippen molar-refractivity contribution in [1.29, 1.82) is 0 Å². The lowest BCUT2D eigenvalue weighted by molar-refractivity contribution is 0.185. The Balaban J connectivity index is 2.13. The lowest BCUT2D eigenvalue weighted by atomic mass is 10.3. The minimum Gasteiger partial charge on any atom is -0.395 e. The molecule has 0 bridgehead atoms. The van der Waals surface area contributed by atoms with Crippen molar-refractivity contribution in [3.63, 3.8) is 0 Å². The Morgan fingerprint density at radius 2 is 2.21 bits per heavy atom. The number of aliphatic hydroxyl groups excluding tert-OH is 1. The molecule has 6 heteroatoms. The molecule has 0 radical (unpaired) electrons. The van der Waals surface area contributed by atoms with E-state index in [2.05, 4.69) is 21.8 Å². The van der Waals surface area contributed by atoms with E-state index in [-0.39, 0.29) is 6.61 Å². The third-order valence-electron chi connectivity index (χ3n) is 2.93. The summed E-state index contributed by atoms with van der Waals surface area (Å²) in [6.07, 6.45) is 2.24. The van der Waals surface area contributed by atoms with Gasteiger partial charge in [-0.1, -0.05) is 24.9 Å². The molecule has 0 fully saturated rings. The van der Waals surface area contributed by atoms with Crippen LogP contribution >= 0.6 is 22.9 Å². The molecule has 19 heavy (non-hydrogen) atoms. The van der Waals surface area contributed by atoms with Crippen LogP contribution in [0.4, 0.5) is 0 Å². The first-order valence-electron chi connectivity index (χ1n) is 6.47. The van der Waals surface area contributed by atoms with E-state index in [1.165, 1.54) is 0 Å². The van der Waals surface area contributed by atoms with Crippen LogP contribution in [-0.4, -0.2) is 39.7 Å². The van der Waals surface area contributed by atoms with E-state index in [9.17, 15) is 0 Å². The summed E-state index contributed by atoms with van der Waals surface area (Å²) in [6.45, 7) is 4.53. The zero-order valence-electron chi connectivity index (χ0n) is 11.0. The topological polar surface area (TPSA) is 49.2 Å². The van der Waals surface area contributed by atoms with Crippen LogP contribution in [-0.2, 0) is 6.54 Å². The van der Waals surface area contributed by atoms with Gasteiger partial charge in [-0.25, -0.2) is 9.97 Å². The predicted molar refractivity (Wildman–Crippen MR) is 79.7 cm³/mol. The van der Waals surface area contributed by atoms with Crippen molar-refractivity contribution in [3.05, 3.63) is 22.4 Å². The van der Waals surface area contributed by atoms with Gasteiger partial charge in [0, 0.05) is 11.9 Å². The number of hydrogen-bond acceptors (Lipinski definition) is 5. The third kappa shape index (κ3) is 3.86.